The molecule has 1 aromatic heterocycles. The SMILES string of the molecule is CC1(C)OCC(CNc2cc(Br)nc(C3CC3)n2)O1. The molecule has 1 unspecified atom stereocenters. The summed E-state index contributed by atoms with van der Waals surface area (Å²) in [5.41, 5.74) is 0. The maximum absolute atomic E-state index is 5.75. The lowest BCUT2D eigenvalue weighted by Crippen LogP contribution is -2.26. The van der Waals surface area contributed by atoms with Gasteiger partial charge in [0.2, 0.25) is 0 Å². The van der Waals surface area contributed by atoms with Crippen LogP contribution in [0.3, 0.4) is 0 Å². The van der Waals surface area contributed by atoms with Crippen molar-refractivity contribution in [2.24, 2.45) is 0 Å². The van der Waals surface area contributed by atoms with Gasteiger partial charge in [0.1, 0.15) is 22.3 Å². The summed E-state index contributed by atoms with van der Waals surface area (Å²) in [6, 6.07) is 1.90. The molecule has 0 amide bonds. The molecule has 1 aliphatic carbocycles. The third-order valence-electron chi connectivity index (χ3n) is 3.23. The molecule has 1 saturated heterocycles. The fourth-order valence-corrected chi connectivity index (χ4v) is 2.53. The zero-order valence-corrected chi connectivity index (χ0v) is 12.7. The maximum Gasteiger partial charge on any atom is 0.163 e. The summed E-state index contributed by atoms with van der Waals surface area (Å²) < 4.78 is 12.1. The molecule has 19 heavy (non-hydrogen) atoms. The second-order valence-electron chi connectivity index (χ2n) is 5.54. The Morgan fingerprint density at radius 3 is 2.84 bits per heavy atom. The first-order chi connectivity index (χ1) is 9.02. The summed E-state index contributed by atoms with van der Waals surface area (Å²) in [6.45, 7) is 5.16. The minimum atomic E-state index is -0.474. The van der Waals surface area contributed by atoms with Gasteiger partial charge in [0.15, 0.2) is 5.79 Å². The molecule has 0 aromatic carbocycles. The van der Waals surface area contributed by atoms with Crippen LogP contribution in [-0.4, -0.2) is 35.0 Å². The van der Waals surface area contributed by atoms with E-state index in [1.54, 1.807) is 0 Å². The number of hydrogen-bond acceptors (Lipinski definition) is 5. The van der Waals surface area contributed by atoms with Crippen molar-refractivity contribution in [2.45, 2.75) is 44.5 Å². The molecule has 5 nitrogen and oxygen atoms in total. The molecule has 2 fully saturated rings. The molecule has 1 atom stereocenters. The average molecular weight is 328 g/mol. The third-order valence-corrected chi connectivity index (χ3v) is 3.64. The summed E-state index contributed by atoms with van der Waals surface area (Å²) in [5, 5.41) is 3.30. The fraction of sp³-hybridized carbons (Fsp3) is 0.692. The molecule has 0 radical (unpaired) electrons. The molecular formula is C13H18BrN3O2. The van der Waals surface area contributed by atoms with Crippen molar-refractivity contribution in [3.05, 3.63) is 16.5 Å². The number of nitrogens with one attached hydrogen (secondary N) is 1. The van der Waals surface area contributed by atoms with Crippen LogP contribution in [0.5, 0.6) is 0 Å². The minimum absolute atomic E-state index is 0.0631. The van der Waals surface area contributed by atoms with Crippen molar-refractivity contribution >= 4 is 21.7 Å². The Labute approximate surface area is 121 Å². The number of halogens is 1. The van der Waals surface area contributed by atoms with Gasteiger partial charge in [0.25, 0.3) is 0 Å². The van der Waals surface area contributed by atoms with Crippen molar-refractivity contribution < 1.29 is 9.47 Å². The van der Waals surface area contributed by atoms with E-state index >= 15 is 0 Å². The molecule has 1 saturated carbocycles. The standard InChI is InChI=1S/C13H18BrN3O2/c1-13(2)18-7-9(19-13)6-15-11-5-10(14)16-12(17-11)8-3-4-8/h5,8-9H,3-4,6-7H2,1-2H3,(H,15,16,17). The third kappa shape index (κ3) is 3.43. The Morgan fingerprint density at radius 1 is 1.42 bits per heavy atom. The van der Waals surface area contributed by atoms with Crippen LogP contribution in [0.4, 0.5) is 5.82 Å². The number of nitrogens with zero attached hydrogens (tertiary/aromatic N) is 2. The van der Waals surface area contributed by atoms with Crippen molar-refractivity contribution in [1.82, 2.24) is 9.97 Å². The molecular weight excluding hydrogens is 310 g/mol. The molecule has 104 valence electrons. The predicted molar refractivity (Wildman–Crippen MR) is 75.1 cm³/mol. The van der Waals surface area contributed by atoms with E-state index in [0.717, 1.165) is 16.2 Å². The predicted octanol–water partition coefficient (Wildman–Crippen LogP) is 2.68. The van der Waals surface area contributed by atoms with Crippen LogP contribution in [-0.2, 0) is 9.47 Å². The number of anilines is 1. The smallest absolute Gasteiger partial charge is 0.163 e. The highest BCUT2D eigenvalue weighted by atomic mass is 79.9. The Kier molecular flexibility index (Phi) is 3.49. The van der Waals surface area contributed by atoms with E-state index in [0.29, 0.717) is 19.1 Å². The lowest BCUT2D eigenvalue weighted by Gasteiger charge is -2.17. The van der Waals surface area contributed by atoms with Gasteiger partial charge in [-0.2, -0.15) is 0 Å². The molecule has 0 bridgehead atoms. The molecule has 3 rings (SSSR count). The van der Waals surface area contributed by atoms with E-state index in [9.17, 15) is 0 Å². The summed E-state index contributed by atoms with van der Waals surface area (Å²) in [6.07, 6.45) is 2.46. The molecule has 1 N–H and O–H groups in total. The van der Waals surface area contributed by atoms with Crippen molar-refractivity contribution in [3.63, 3.8) is 0 Å². The Morgan fingerprint density at radius 2 is 2.21 bits per heavy atom. The second kappa shape index (κ2) is 5.00. The van der Waals surface area contributed by atoms with E-state index in [4.69, 9.17) is 9.47 Å². The van der Waals surface area contributed by atoms with E-state index in [1.807, 2.05) is 19.9 Å². The molecule has 0 spiro atoms. The van der Waals surface area contributed by atoms with E-state index in [2.05, 4.69) is 31.2 Å². The molecule has 2 aliphatic rings. The van der Waals surface area contributed by atoms with Crippen LogP contribution in [0, 0.1) is 0 Å². The van der Waals surface area contributed by atoms with E-state index < -0.39 is 5.79 Å². The number of ether oxygens (including phenoxy) is 2. The highest BCUT2D eigenvalue weighted by Crippen LogP contribution is 2.38. The van der Waals surface area contributed by atoms with Gasteiger partial charge in [-0.15, -0.1) is 0 Å². The quantitative estimate of drug-likeness (QED) is 0.861. The zero-order valence-electron chi connectivity index (χ0n) is 11.1. The van der Waals surface area contributed by atoms with Gasteiger partial charge in [0.05, 0.1) is 6.61 Å². The lowest BCUT2D eigenvalue weighted by atomic mass is 10.3. The Hall–Kier alpha value is -0.720. The van der Waals surface area contributed by atoms with Crippen molar-refractivity contribution in [3.8, 4) is 0 Å². The summed E-state index contributed by atoms with van der Waals surface area (Å²) in [4.78, 5) is 8.95. The highest BCUT2D eigenvalue weighted by Gasteiger charge is 2.32. The number of aromatic nitrogens is 2. The highest BCUT2D eigenvalue weighted by molar-refractivity contribution is 9.10. The van der Waals surface area contributed by atoms with Crippen LogP contribution in [0.25, 0.3) is 0 Å². The minimum Gasteiger partial charge on any atom is -0.367 e. The first-order valence-corrected chi connectivity index (χ1v) is 7.41. The average Bonchev–Trinajstić information content (AvgIpc) is 3.11. The van der Waals surface area contributed by atoms with Crippen molar-refractivity contribution in [1.29, 1.82) is 0 Å². The second-order valence-corrected chi connectivity index (χ2v) is 6.35. The van der Waals surface area contributed by atoms with Crippen LogP contribution >= 0.6 is 15.9 Å². The number of hydrogen-bond donors (Lipinski definition) is 1. The Balaban J connectivity index is 1.60. The zero-order chi connectivity index (χ0) is 13.5. The van der Waals surface area contributed by atoms with Crippen molar-refractivity contribution in [2.75, 3.05) is 18.5 Å². The topological polar surface area (TPSA) is 56.3 Å². The number of rotatable bonds is 4. The van der Waals surface area contributed by atoms with Crippen LogP contribution in [0.15, 0.2) is 10.7 Å². The van der Waals surface area contributed by atoms with Crippen LogP contribution in [0.1, 0.15) is 38.4 Å². The summed E-state index contributed by atoms with van der Waals surface area (Å²) >= 11 is 3.43. The summed E-state index contributed by atoms with van der Waals surface area (Å²) in [7, 11) is 0. The van der Waals surface area contributed by atoms with Gasteiger partial charge < -0.3 is 14.8 Å². The van der Waals surface area contributed by atoms with Gasteiger partial charge in [-0.1, -0.05) is 0 Å². The molecule has 6 heteroatoms. The normalized spacial score (nSPS) is 25.5. The molecule has 2 heterocycles. The summed E-state index contributed by atoms with van der Waals surface area (Å²) in [5.74, 6) is 1.85. The Bertz CT molecular complexity index is 477. The largest absolute Gasteiger partial charge is 0.367 e. The molecule has 1 aromatic rings. The van der Waals surface area contributed by atoms with Gasteiger partial charge in [-0.25, -0.2) is 9.97 Å². The van der Waals surface area contributed by atoms with E-state index in [-0.39, 0.29) is 6.10 Å². The van der Waals surface area contributed by atoms with Crippen LogP contribution < -0.4 is 5.32 Å². The first-order valence-electron chi connectivity index (χ1n) is 6.62. The van der Waals surface area contributed by atoms with Crippen LogP contribution in [0.2, 0.25) is 0 Å². The monoisotopic (exact) mass is 327 g/mol. The van der Waals surface area contributed by atoms with Gasteiger partial charge in [0, 0.05) is 18.5 Å². The lowest BCUT2D eigenvalue weighted by molar-refractivity contribution is -0.136. The van der Waals surface area contributed by atoms with Gasteiger partial charge in [-0.3, -0.25) is 0 Å². The van der Waals surface area contributed by atoms with Gasteiger partial charge in [-0.05, 0) is 42.6 Å². The fourth-order valence-electron chi connectivity index (χ4n) is 2.13. The maximum atomic E-state index is 5.75. The van der Waals surface area contributed by atoms with E-state index in [1.165, 1.54) is 12.8 Å². The first kappa shape index (κ1) is 13.3. The van der Waals surface area contributed by atoms with Gasteiger partial charge >= 0.3 is 0 Å². The molecule has 1 aliphatic heterocycles.